The number of hydrogen-bond acceptors (Lipinski definition) is 4. The van der Waals surface area contributed by atoms with Crippen LogP contribution in [-0.4, -0.2) is 22.4 Å². The van der Waals surface area contributed by atoms with E-state index in [1.54, 1.807) is 24.3 Å². The third-order valence-electron chi connectivity index (χ3n) is 5.49. The first-order valence-corrected chi connectivity index (χ1v) is 10.8. The van der Waals surface area contributed by atoms with Crippen molar-refractivity contribution in [3.05, 3.63) is 72.8 Å². The van der Waals surface area contributed by atoms with Gasteiger partial charge >= 0.3 is 0 Å². The van der Waals surface area contributed by atoms with Crippen molar-refractivity contribution >= 4 is 21.5 Å². The van der Waals surface area contributed by atoms with Crippen molar-refractivity contribution in [2.45, 2.75) is 45.3 Å². The summed E-state index contributed by atoms with van der Waals surface area (Å²) < 4.78 is 12.2. The molecular weight excluding hydrogens is 388 g/mol. The summed E-state index contributed by atoms with van der Waals surface area (Å²) in [7, 11) is 0. The molecule has 4 heteroatoms. The summed E-state index contributed by atoms with van der Waals surface area (Å²) in [5.74, 6) is 2.15. The van der Waals surface area contributed by atoms with Gasteiger partial charge in [0.25, 0.3) is 0 Å². The van der Waals surface area contributed by atoms with Gasteiger partial charge in [-0.05, 0) is 103 Å². The average molecular weight is 417 g/mol. The van der Waals surface area contributed by atoms with E-state index in [0.717, 1.165) is 52.3 Å². The lowest BCUT2D eigenvalue weighted by atomic mass is 10.1. The standard InChI is InChI=1S/C27H28O4/c1-18(30-26-12-8-20-6-10-24(28)14-22(20)16-26)4-3-5-19(2)31-27-13-9-21-7-11-25(29)15-23(21)17-27/h6-19,28-29H,3-5H2,1-2H3. The SMILES string of the molecule is CC(CCCC(C)Oc1ccc2ccc(O)cc2c1)Oc1ccc2ccc(O)cc2c1. The fourth-order valence-corrected chi connectivity index (χ4v) is 3.85. The molecule has 31 heavy (non-hydrogen) atoms. The minimum atomic E-state index is 0.0885. The van der Waals surface area contributed by atoms with E-state index in [1.165, 1.54) is 0 Å². The molecule has 4 rings (SSSR count). The first kappa shape index (κ1) is 20.9. The van der Waals surface area contributed by atoms with Crippen molar-refractivity contribution in [1.82, 2.24) is 0 Å². The summed E-state index contributed by atoms with van der Waals surface area (Å²) in [5, 5.41) is 23.4. The second kappa shape index (κ2) is 9.17. The van der Waals surface area contributed by atoms with Crippen molar-refractivity contribution in [3.63, 3.8) is 0 Å². The number of fused-ring (bicyclic) bond motifs is 2. The molecule has 2 atom stereocenters. The molecule has 0 saturated carbocycles. The van der Waals surface area contributed by atoms with Crippen LogP contribution in [0.2, 0.25) is 0 Å². The number of phenols is 2. The first-order valence-electron chi connectivity index (χ1n) is 10.8. The number of phenolic OH excluding ortho intramolecular Hbond substituents is 2. The van der Waals surface area contributed by atoms with E-state index < -0.39 is 0 Å². The fraction of sp³-hybridized carbons (Fsp3) is 0.259. The molecule has 4 aromatic carbocycles. The molecule has 0 aliphatic carbocycles. The Morgan fingerprint density at radius 1 is 0.581 bits per heavy atom. The normalized spacial score (nSPS) is 13.2. The van der Waals surface area contributed by atoms with Gasteiger partial charge in [-0.25, -0.2) is 0 Å². The Kier molecular flexibility index (Phi) is 6.17. The van der Waals surface area contributed by atoms with Crippen molar-refractivity contribution in [3.8, 4) is 23.0 Å². The highest BCUT2D eigenvalue weighted by Gasteiger charge is 2.09. The van der Waals surface area contributed by atoms with Gasteiger partial charge in [0, 0.05) is 0 Å². The molecule has 4 aromatic rings. The van der Waals surface area contributed by atoms with E-state index in [1.807, 2.05) is 48.5 Å². The van der Waals surface area contributed by atoms with Crippen LogP contribution < -0.4 is 9.47 Å². The number of aromatic hydroxyl groups is 2. The molecule has 0 amide bonds. The predicted molar refractivity (Wildman–Crippen MR) is 125 cm³/mol. The van der Waals surface area contributed by atoms with E-state index in [9.17, 15) is 10.2 Å². The molecule has 0 spiro atoms. The Morgan fingerprint density at radius 2 is 1.00 bits per heavy atom. The Labute approximate surface area is 182 Å². The molecule has 4 nitrogen and oxygen atoms in total. The maximum absolute atomic E-state index is 9.68. The third-order valence-corrected chi connectivity index (χ3v) is 5.49. The summed E-state index contributed by atoms with van der Waals surface area (Å²) in [6.45, 7) is 4.15. The third kappa shape index (κ3) is 5.40. The Morgan fingerprint density at radius 3 is 1.45 bits per heavy atom. The zero-order valence-corrected chi connectivity index (χ0v) is 17.9. The fourth-order valence-electron chi connectivity index (χ4n) is 3.85. The average Bonchev–Trinajstić information content (AvgIpc) is 2.73. The van der Waals surface area contributed by atoms with E-state index in [0.29, 0.717) is 0 Å². The van der Waals surface area contributed by atoms with Crippen molar-refractivity contribution < 1.29 is 19.7 Å². The molecule has 0 aliphatic heterocycles. The second-order valence-corrected chi connectivity index (χ2v) is 8.17. The van der Waals surface area contributed by atoms with Crippen LogP contribution in [0.5, 0.6) is 23.0 Å². The van der Waals surface area contributed by atoms with Gasteiger partial charge < -0.3 is 19.7 Å². The lowest BCUT2D eigenvalue weighted by molar-refractivity contribution is 0.179. The summed E-state index contributed by atoms with van der Waals surface area (Å²) in [6, 6.07) is 22.6. The Balaban J connectivity index is 1.26. The van der Waals surface area contributed by atoms with Gasteiger partial charge in [-0.15, -0.1) is 0 Å². The van der Waals surface area contributed by atoms with Gasteiger partial charge in [0.2, 0.25) is 0 Å². The number of rotatable bonds is 8. The van der Waals surface area contributed by atoms with E-state index in [-0.39, 0.29) is 23.7 Å². The van der Waals surface area contributed by atoms with Gasteiger partial charge in [0.1, 0.15) is 23.0 Å². The van der Waals surface area contributed by atoms with E-state index in [2.05, 4.69) is 13.8 Å². The largest absolute Gasteiger partial charge is 0.508 e. The highest BCUT2D eigenvalue weighted by atomic mass is 16.5. The zero-order valence-electron chi connectivity index (χ0n) is 17.9. The van der Waals surface area contributed by atoms with Crippen LogP contribution in [0, 0.1) is 0 Å². The van der Waals surface area contributed by atoms with Crippen LogP contribution in [-0.2, 0) is 0 Å². The molecule has 0 fully saturated rings. The molecule has 2 N–H and O–H groups in total. The van der Waals surface area contributed by atoms with Crippen molar-refractivity contribution in [2.24, 2.45) is 0 Å². The molecular formula is C27H28O4. The quantitative estimate of drug-likeness (QED) is 0.331. The van der Waals surface area contributed by atoms with E-state index >= 15 is 0 Å². The smallest absolute Gasteiger partial charge is 0.120 e. The summed E-state index contributed by atoms with van der Waals surface area (Å²) >= 11 is 0. The van der Waals surface area contributed by atoms with Crippen LogP contribution in [0.4, 0.5) is 0 Å². The molecule has 0 bridgehead atoms. The van der Waals surface area contributed by atoms with Gasteiger partial charge in [-0.1, -0.05) is 24.3 Å². The van der Waals surface area contributed by atoms with Crippen molar-refractivity contribution in [1.29, 1.82) is 0 Å². The van der Waals surface area contributed by atoms with Gasteiger partial charge in [0.15, 0.2) is 0 Å². The first-order chi connectivity index (χ1) is 15.0. The van der Waals surface area contributed by atoms with Gasteiger partial charge in [0.05, 0.1) is 12.2 Å². The minimum Gasteiger partial charge on any atom is -0.508 e. The summed E-state index contributed by atoms with van der Waals surface area (Å²) in [4.78, 5) is 0. The predicted octanol–water partition coefficient (Wildman–Crippen LogP) is 6.81. The highest BCUT2D eigenvalue weighted by Crippen LogP contribution is 2.27. The van der Waals surface area contributed by atoms with E-state index in [4.69, 9.17) is 9.47 Å². The zero-order chi connectivity index (χ0) is 21.8. The summed E-state index contributed by atoms with van der Waals surface area (Å²) in [6.07, 6.45) is 3.02. The highest BCUT2D eigenvalue weighted by molar-refractivity contribution is 5.85. The number of ether oxygens (including phenoxy) is 2. The van der Waals surface area contributed by atoms with Gasteiger partial charge in [-0.3, -0.25) is 0 Å². The molecule has 2 unspecified atom stereocenters. The lowest BCUT2D eigenvalue weighted by Crippen LogP contribution is -2.15. The molecule has 0 aromatic heterocycles. The van der Waals surface area contributed by atoms with Crippen molar-refractivity contribution in [2.75, 3.05) is 0 Å². The molecule has 160 valence electrons. The Hall–Kier alpha value is -3.40. The molecule has 0 radical (unpaired) electrons. The lowest BCUT2D eigenvalue weighted by Gasteiger charge is -2.18. The number of benzene rings is 4. The number of hydrogen-bond donors (Lipinski definition) is 2. The second-order valence-electron chi connectivity index (χ2n) is 8.17. The van der Waals surface area contributed by atoms with Crippen LogP contribution in [0.15, 0.2) is 72.8 Å². The topological polar surface area (TPSA) is 58.9 Å². The van der Waals surface area contributed by atoms with Gasteiger partial charge in [-0.2, -0.15) is 0 Å². The van der Waals surface area contributed by atoms with Crippen LogP contribution in [0.25, 0.3) is 21.5 Å². The molecule has 0 aliphatic rings. The van der Waals surface area contributed by atoms with Crippen LogP contribution in [0.3, 0.4) is 0 Å². The monoisotopic (exact) mass is 416 g/mol. The maximum Gasteiger partial charge on any atom is 0.120 e. The Bertz CT molecular complexity index is 1090. The summed E-state index contributed by atoms with van der Waals surface area (Å²) in [5.41, 5.74) is 0. The maximum atomic E-state index is 9.68. The molecule has 0 heterocycles. The van der Waals surface area contributed by atoms with Crippen LogP contribution >= 0.6 is 0 Å². The minimum absolute atomic E-state index is 0.0885. The van der Waals surface area contributed by atoms with Crippen LogP contribution in [0.1, 0.15) is 33.1 Å². The molecule has 0 saturated heterocycles.